The van der Waals surface area contributed by atoms with Crippen LogP contribution in [0.15, 0.2) is 36.5 Å². The third-order valence-electron chi connectivity index (χ3n) is 4.27. The van der Waals surface area contributed by atoms with Crippen LogP contribution in [0.25, 0.3) is 10.9 Å². The van der Waals surface area contributed by atoms with E-state index in [1.165, 1.54) is 16.7 Å². The lowest BCUT2D eigenvalue weighted by atomic mass is 9.99. The lowest BCUT2D eigenvalue weighted by Gasteiger charge is -2.36. The molecule has 0 amide bonds. The molecule has 2 nitrogen and oxygen atoms in total. The van der Waals surface area contributed by atoms with Crippen LogP contribution in [0, 0.1) is 0 Å². The second-order valence-electron chi connectivity index (χ2n) is 5.60. The van der Waals surface area contributed by atoms with Crippen molar-refractivity contribution in [3.05, 3.63) is 42.1 Å². The van der Waals surface area contributed by atoms with Crippen LogP contribution in [0.5, 0.6) is 0 Å². The third-order valence-corrected chi connectivity index (χ3v) is 7.77. The minimum Gasteiger partial charge on any atom is -0.312 e. The summed E-state index contributed by atoms with van der Waals surface area (Å²) in [5.41, 5.74) is 2.47. The highest BCUT2D eigenvalue weighted by Crippen LogP contribution is 2.41. The number of nitrogens with zero attached hydrogens (tertiary/aromatic N) is 1. The SMILES string of the molecule is CNC(c1cccc2ncccc12)C1CSC(C)C(C)S1. The predicted molar refractivity (Wildman–Crippen MR) is 96.3 cm³/mol. The molecule has 4 heteroatoms. The molecule has 4 atom stereocenters. The van der Waals surface area contributed by atoms with E-state index in [9.17, 15) is 0 Å². The fourth-order valence-electron chi connectivity index (χ4n) is 2.92. The lowest BCUT2D eigenvalue weighted by Crippen LogP contribution is -2.35. The number of benzene rings is 1. The molecule has 2 aromatic rings. The number of nitrogens with one attached hydrogen (secondary N) is 1. The van der Waals surface area contributed by atoms with Gasteiger partial charge in [-0.1, -0.05) is 32.0 Å². The highest BCUT2D eigenvalue weighted by Gasteiger charge is 2.32. The van der Waals surface area contributed by atoms with E-state index in [0.717, 1.165) is 10.8 Å². The van der Waals surface area contributed by atoms with E-state index < -0.39 is 0 Å². The number of fused-ring (bicyclic) bond motifs is 1. The summed E-state index contributed by atoms with van der Waals surface area (Å²) in [6.07, 6.45) is 1.87. The zero-order valence-corrected chi connectivity index (χ0v) is 14.4. The molecule has 4 unspecified atom stereocenters. The van der Waals surface area contributed by atoms with E-state index in [2.05, 4.69) is 79.0 Å². The molecule has 0 aliphatic carbocycles. The van der Waals surface area contributed by atoms with Gasteiger partial charge in [-0.3, -0.25) is 4.98 Å². The molecule has 0 saturated carbocycles. The van der Waals surface area contributed by atoms with Gasteiger partial charge in [0.15, 0.2) is 0 Å². The maximum absolute atomic E-state index is 4.49. The summed E-state index contributed by atoms with van der Waals surface area (Å²) in [7, 11) is 2.08. The molecule has 1 N–H and O–H groups in total. The van der Waals surface area contributed by atoms with Crippen molar-refractivity contribution in [2.24, 2.45) is 0 Å². The molecular formula is C17H22N2S2. The van der Waals surface area contributed by atoms with Gasteiger partial charge in [-0.2, -0.15) is 23.5 Å². The number of rotatable bonds is 3. The van der Waals surface area contributed by atoms with Gasteiger partial charge in [0, 0.05) is 39.1 Å². The van der Waals surface area contributed by atoms with Crippen molar-refractivity contribution in [2.75, 3.05) is 12.8 Å². The van der Waals surface area contributed by atoms with Crippen molar-refractivity contribution < 1.29 is 0 Å². The number of aromatic nitrogens is 1. The van der Waals surface area contributed by atoms with Gasteiger partial charge < -0.3 is 5.32 Å². The highest BCUT2D eigenvalue weighted by atomic mass is 32.2. The largest absolute Gasteiger partial charge is 0.312 e. The zero-order valence-electron chi connectivity index (χ0n) is 12.7. The topological polar surface area (TPSA) is 24.9 Å². The minimum atomic E-state index is 0.380. The molecule has 0 bridgehead atoms. The Morgan fingerprint density at radius 1 is 1.19 bits per heavy atom. The molecule has 112 valence electrons. The molecule has 1 aliphatic heterocycles. The number of thioether (sulfide) groups is 2. The lowest BCUT2D eigenvalue weighted by molar-refractivity contribution is 0.592. The van der Waals surface area contributed by atoms with Crippen molar-refractivity contribution in [3.63, 3.8) is 0 Å². The fraction of sp³-hybridized carbons (Fsp3) is 0.471. The predicted octanol–water partition coefficient (Wildman–Crippen LogP) is 4.12. The molecule has 21 heavy (non-hydrogen) atoms. The number of hydrogen-bond acceptors (Lipinski definition) is 4. The summed E-state index contributed by atoms with van der Waals surface area (Å²) in [5.74, 6) is 1.21. The Bertz CT molecular complexity index is 611. The van der Waals surface area contributed by atoms with Crippen molar-refractivity contribution in [2.45, 2.75) is 35.6 Å². The standard InChI is InChI=1S/C17H22N2S2/c1-11-12(2)21-16(10-20-11)17(18-3)14-6-4-8-15-13(14)7-5-9-19-15/h4-9,11-12,16-18H,10H2,1-3H3. The average molecular weight is 319 g/mol. The average Bonchev–Trinajstić information content (AvgIpc) is 2.52. The monoisotopic (exact) mass is 318 g/mol. The Balaban J connectivity index is 1.95. The van der Waals surface area contributed by atoms with Crippen LogP contribution >= 0.6 is 23.5 Å². The molecule has 1 aromatic carbocycles. The second-order valence-corrected chi connectivity index (χ2v) is 8.63. The quantitative estimate of drug-likeness (QED) is 0.920. The molecule has 0 radical (unpaired) electrons. The van der Waals surface area contributed by atoms with Crippen molar-refractivity contribution in [1.82, 2.24) is 10.3 Å². The summed E-state index contributed by atoms with van der Waals surface area (Å²) in [6.45, 7) is 4.70. The van der Waals surface area contributed by atoms with Crippen molar-refractivity contribution in [1.29, 1.82) is 0 Å². The Morgan fingerprint density at radius 2 is 2.05 bits per heavy atom. The molecule has 1 fully saturated rings. The molecular weight excluding hydrogens is 296 g/mol. The Morgan fingerprint density at radius 3 is 2.81 bits per heavy atom. The summed E-state index contributed by atoms with van der Waals surface area (Å²) in [5, 5.41) is 6.89. The van der Waals surface area contributed by atoms with Gasteiger partial charge in [0.05, 0.1) is 5.52 Å². The van der Waals surface area contributed by atoms with Crippen LogP contribution in [0.2, 0.25) is 0 Å². The van der Waals surface area contributed by atoms with E-state index in [1.807, 2.05) is 12.3 Å². The van der Waals surface area contributed by atoms with E-state index in [4.69, 9.17) is 0 Å². The summed E-state index contributed by atoms with van der Waals surface area (Å²) in [6, 6.07) is 11.1. The molecule has 1 aliphatic rings. The van der Waals surface area contributed by atoms with Crippen LogP contribution < -0.4 is 5.32 Å². The van der Waals surface area contributed by atoms with Crippen LogP contribution in [0.3, 0.4) is 0 Å². The van der Waals surface area contributed by atoms with E-state index >= 15 is 0 Å². The van der Waals surface area contributed by atoms with Gasteiger partial charge in [0.1, 0.15) is 0 Å². The highest BCUT2D eigenvalue weighted by molar-refractivity contribution is 8.07. The maximum atomic E-state index is 4.49. The maximum Gasteiger partial charge on any atom is 0.0705 e. The van der Waals surface area contributed by atoms with Gasteiger partial charge in [0.25, 0.3) is 0 Å². The van der Waals surface area contributed by atoms with Gasteiger partial charge in [-0.25, -0.2) is 0 Å². The van der Waals surface area contributed by atoms with Crippen LogP contribution in [-0.4, -0.2) is 33.5 Å². The summed E-state index contributed by atoms with van der Waals surface area (Å²) < 4.78 is 0. The first-order chi connectivity index (χ1) is 10.2. The van der Waals surface area contributed by atoms with Gasteiger partial charge in [0.2, 0.25) is 0 Å². The van der Waals surface area contributed by atoms with Gasteiger partial charge >= 0.3 is 0 Å². The number of pyridine rings is 1. The molecule has 3 rings (SSSR count). The number of hydrogen-bond donors (Lipinski definition) is 1. The minimum absolute atomic E-state index is 0.380. The Kier molecular flexibility index (Phi) is 4.77. The summed E-state index contributed by atoms with van der Waals surface area (Å²) in [4.78, 5) is 4.49. The van der Waals surface area contributed by atoms with Crippen molar-refractivity contribution in [3.8, 4) is 0 Å². The summed E-state index contributed by atoms with van der Waals surface area (Å²) >= 11 is 4.23. The first-order valence-corrected chi connectivity index (χ1v) is 9.48. The van der Waals surface area contributed by atoms with E-state index in [-0.39, 0.29) is 0 Å². The molecule has 0 spiro atoms. The van der Waals surface area contributed by atoms with Crippen LogP contribution in [-0.2, 0) is 0 Å². The normalized spacial score (nSPS) is 27.7. The van der Waals surface area contributed by atoms with Gasteiger partial charge in [-0.15, -0.1) is 0 Å². The van der Waals surface area contributed by atoms with Crippen molar-refractivity contribution >= 4 is 34.4 Å². The Hall–Kier alpha value is -0.710. The van der Waals surface area contributed by atoms with E-state index in [1.54, 1.807) is 0 Å². The smallest absolute Gasteiger partial charge is 0.0705 e. The molecule has 2 heterocycles. The second kappa shape index (κ2) is 6.59. The van der Waals surface area contributed by atoms with Crippen LogP contribution in [0.4, 0.5) is 0 Å². The third kappa shape index (κ3) is 3.08. The Labute approximate surface area is 135 Å². The van der Waals surface area contributed by atoms with Gasteiger partial charge in [-0.05, 0) is 24.7 Å². The first-order valence-electron chi connectivity index (χ1n) is 7.48. The first kappa shape index (κ1) is 15.2. The fourth-order valence-corrected chi connectivity index (χ4v) is 6.07. The molecule has 1 aromatic heterocycles. The zero-order chi connectivity index (χ0) is 14.8. The molecule has 1 saturated heterocycles. The van der Waals surface area contributed by atoms with E-state index in [0.29, 0.717) is 16.5 Å². The van der Waals surface area contributed by atoms with Crippen LogP contribution in [0.1, 0.15) is 25.5 Å².